The van der Waals surface area contributed by atoms with E-state index in [-0.39, 0.29) is 5.78 Å². The molecule has 0 aliphatic rings. The Hall–Kier alpha value is -0.890. The van der Waals surface area contributed by atoms with Crippen molar-refractivity contribution < 1.29 is 4.79 Å². The Morgan fingerprint density at radius 1 is 1.35 bits per heavy atom. The van der Waals surface area contributed by atoms with Crippen LogP contribution in [0.25, 0.3) is 6.08 Å². The zero-order valence-electron chi connectivity index (χ0n) is 10.8. The largest absolute Gasteiger partial charge is 0.295 e. The normalized spacial score (nSPS) is 11.5. The Morgan fingerprint density at radius 3 is 2.59 bits per heavy atom. The molecule has 0 saturated heterocycles. The molecule has 0 N–H and O–H groups in total. The summed E-state index contributed by atoms with van der Waals surface area (Å²) in [5, 5.41) is 2.03. The lowest BCUT2D eigenvalue weighted by Gasteiger charge is -2.12. The number of carbonyl (C=O) groups is 1. The van der Waals surface area contributed by atoms with E-state index in [1.54, 1.807) is 17.4 Å². The number of rotatable bonds is 8. The highest BCUT2D eigenvalue weighted by Crippen LogP contribution is 2.18. The van der Waals surface area contributed by atoms with Crippen LogP contribution < -0.4 is 0 Å². The predicted octanol–water partition coefficient (Wildman–Crippen LogP) is 4.94. The lowest BCUT2D eigenvalue weighted by molar-refractivity contribution is -0.115. The lowest BCUT2D eigenvalue weighted by atomic mass is 9.93. The van der Waals surface area contributed by atoms with Crippen molar-refractivity contribution in [2.75, 3.05) is 0 Å². The molecule has 0 atom stereocenters. The molecule has 94 valence electrons. The number of hydrogen-bond acceptors (Lipinski definition) is 2. The second-order valence-corrected chi connectivity index (χ2v) is 5.44. The van der Waals surface area contributed by atoms with Crippen LogP contribution in [0, 0.1) is 5.92 Å². The minimum absolute atomic E-state index is 0.269. The Kier molecular flexibility index (Phi) is 6.87. The van der Waals surface area contributed by atoms with Crippen LogP contribution in [0.2, 0.25) is 0 Å². The maximum absolute atomic E-state index is 11.8. The van der Waals surface area contributed by atoms with Crippen LogP contribution in [-0.2, 0) is 4.79 Å². The summed E-state index contributed by atoms with van der Waals surface area (Å²) < 4.78 is 0. The van der Waals surface area contributed by atoms with Crippen molar-refractivity contribution in [2.45, 2.75) is 46.0 Å². The van der Waals surface area contributed by atoms with Crippen molar-refractivity contribution in [1.82, 2.24) is 0 Å². The highest BCUT2D eigenvalue weighted by atomic mass is 32.1. The molecule has 1 heterocycles. The third-order valence-electron chi connectivity index (χ3n) is 2.86. The molecule has 0 aromatic carbocycles. The van der Waals surface area contributed by atoms with Crippen molar-refractivity contribution >= 4 is 23.2 Å². The van der Waals surface area contributed by atoms with Crippen LogP contribution >= 0.6 is 11.3 Å². The van der Waals surface area contributed by atoms with Crippen molar-refractivity contribution in [3.05, 3.63) is 28.5 Å². The van der Waals surface area contributed by atoms with Gasteiger partial charge in [0.2, 0.25) is 0 Å². The minimum Gasteiger partial charge on any atom is -0.295 e. The Labute approximate surface area is 109 Å². The molecule has 1 rings (SSSR count). The van der Waals surface area contributed by atoms with Gasteiger partial charge in [-0.05, 0) is 29.5 Å². The third-order valence-corrected chi connectivity index (χ3v) is 3.70. The van der Waals surface area contributed by atoms with Gasteiger partial charge in [-0.15, -0.1) is 11.3 Å². The van der Waals surface area contributed by atoms with E-state index in [4.69, 9.17) is 0 Å². The second-order valence-electron chi connectivity index (χ2n) is 4.46. The van der Waals surface area contributed by atoms with Crippen molar-refractivity contribution in [3.8, 4) is 0 Å². The number of hydrogen-bond donors (Lipinski definition) is 0. The van der Waals surface area contributed by atoms with E-state index in [0.29, 0.717) is 12.3 Å². The highest BCUT2D eigenvalue weighted by molar-refractivity contribution is 7.10. The van der Waals surface area contributed by atoms with Gasteiger partial charge in [-0.2, -0.15) is 0 Å². The number of thiophene rings is 1. The van der Waals surface area contributed by atoms with Crippen molar-refractivity contribution in [3.63, 3.8) is 0 Å². The topological polar surface area (TPSA) is 17.1 Å². The average Bonchev–Trinajstić information content (AvgIpc) is 2.80. The maximum atomic E-state index is 11.8. The molecule has 17 heavy (non-hydrogen) atoms. The smallest absolute Gasteiger partial charge is 0.156 e. The van der Waals surface area contributed by atoms with E-state index in [0.717, 1.165) is 4.88 Å². The zero-order chi connectivity index (χ0) is 12.5. The second kappa shape index (κ2) is 8.24. The summed E-state index contributed by atoms with van der Waals surface area (Å²) in [7, 11) is 0. The first kappa shape index (κ1) is 14.2. The first-order valence-corrected chi connectivity index (χ1v) is 7.38. The third kappa shape index (κ3) is 5.83. The summed E-state index contributed by atoms with van der Waals surface area (Å²) in [5.41, 5.74) is 0. The molecule has 0 spiro atoms. The zero-order valence-corrected chi connectivity index (χ0v) is 11.6. The minimum atomic E-state index is 0.269. The summed E-state index contributed by atoms with van der Waals surface area (Å²) in [4.78, 5) is 13.0. The fourth-order valence-electron chi connectivity index (χ4n) is 2.08. The first-order valence-electron chi connectivity index (χ1n) is 6.50. The van der Waals surface area contributed by atoms with Gasteiger partial charge in [-0.1, -0.05) is 45.6 Å². The Balaban J connectivity index is 2.41. The molecule has 1 nitrogen and oxygen atoms in total. The SMILES string of the molecule is CCCC(CCC)CC(=O)/C=C/c1cccs1. The molecule has 0 radical (unpaired) electrons. The van der Waals surface area contributed by atoms with Gasteiger partial charge in [0.25, 0.3) is 0 Å². The van der Waals surface area contributed by atoms with Crippen LogP contribution in [0.15, 0.2) is 23.6 Å². The van der Waals surface area contributed by atoms with Crippen LogP contribution in [0.5, 0.6) is 0 Å². The van der Waals surface area contributed by atoms with E-state index in [2.05, 4.69) is 13.8 Å². The van der Waals surface area contributed by atoms with Crippen LogP contribution in [0.1, 0.15) is 50.8 Å². The predicted molar refractivity (Wildman–Crippen MR) is 76.3 cm³/mol. The van der Waals surface area contributed by atoms with Gasteiger partial charge in [-0.25, -0.2) is 0 Å². The summed E-state index contributed by atoms with van der Waals surface area (Å²) in [6.07, 6.45) is 9.08. The molecule has 1 aromatic heterocycles. The van der Waals surface area contributed by atoms with Gasteiger partial charge in [0.05, 0.1) is 0 Å². The van der Waals surface area contributed by atoms with Gasteiger partial charge in [-0.3, -0.25) is 4.79 Å². The van der Waals surface area contributed by atoms with Crippen LogP contribution in [-0.4, -0.2) is 5.78 Å². The van der Waals surface area contributed by atoms with Gasteiger partial charge in [0.1, 0.15) is 0 Å². The molecule has 0 fully saturated rings. The lowest BCUT2D eigenvalue weighted by Crippen LogP contribution is -2.06. The summed E-state index contributed by atoms with van der Waals surface area (Å²) in [6.45, 7) is 4.38. The van der Waals surface area contributed by atoms with Crippen LogP contribution in [0.3, 0.4) is 0 Å². The van der Waals surface area contributed by atoms with E-state index in [1.165, 1.54) is 25.7 Å². The molecule has 0 saturated carbocycles. The number of ketones is 1. The Bertz CT molecular complexity index is 332. The van der Waals surface area contributed by atoms with Crippen molar-refractivity contribution in [2.24, 2.45) is 5.92 Å². The van der Waals surface area contributed by atoms with Gasteiger partial charge < -0.3 is 0 Å². The van der Waals surface area contributed by atoms with Gasteiger partial charge >= 0.3 is 0 Å². The highest BCUT2D eigenvalue weighted by Gasteiger charge is 2.10. The Morgan fingerprint density at radius 2 is 2.06 bits per heavy atom. The first-order chi connectivity index (χ1) is 8.26. The molecule has 1 aromatic rings. The molecular formula is C15H22OS. The molecule has 0 unspecified atom stereocenters. The van der Waals surface area contributed by atoms with E-state index >= 15 is 0 Å². The van der Waals surface area contributed by atoms with Crippen LogP contribution in [0.4, 0.5) is 0 Å². The molecule has 2 heteroatoms. The monoisotopic (exact) mass is 250 g/mol. The number of carbonyl (C=O) groups excluding carboxylic acids is 1. The molecule has 0 aliphatic heterocycles. The molecule has 0 aliphatic carbocycles. The van der Waals surface area contributed by atoms with Gasteiger partial charge in [0, 0.05) is 11.3 Å². The van der Waals surface area contributed by atoms with Crippen molar-refractivity contribution in [1.29, 1.82) is 0 Å². The quantitative estimate of drug-likeness (QED) is 0.597. The fraction of sp³-hybridized carbons (Fsp3) is 0.533. The van der Waals surface area contributed by atoms with Gasteiger partial charge in [0.15, 0.2) is 5.78 Å². The average molecular weight is 250 g/mol. The maximum Gasteiger partial charge on any atom is 0.156 e. The summed E-state index contributed by atoms with van der Waals surface area (Å²) in [5.74, 6) is 0.843. The molecular weight excluding hydrogens is 228 g/mol. The van der Waals surface area contributed by atoms with E-state index in [9.17, 15) is 4.79 Å². The molecule has 0 amide bonds. The van der Waals surface area contributed by atoms with E-state index in [1.807, 2.05) is 23.6 Å². The summed E-state index contributed by atoms with van der Waals surface area (Å²) in [6, 6.07) is 4.04. The summed E-state index contributed by atoms with van der Waals surface area (Å²) >= 11 is 1.67. The fourth-order valence-corrected chi connectivity index (χ4v) is 2.70. The molecule has 0 bridgehead atoms. The standard InChI is InChI=1S/C15H22OS/c1-3-6-13(7-4-2)12-14(16)9-10-15-8-5-11-17-15/h5,8-11,13H,3-4,6-7,12H2,1-2H3/b10-9+. The number of allylic oxidation sites excluding steroid dienone is 1. The van der Waals surface area contributed by atoms with E-state index < -0.39 is 0 Å².